The van der Waals surface area contributed by atoms with Gasteiger partial charge in [-0.05, 0) is 24.3 Å². The molecule has 0 bridgehead atoms. The first-order chi connectivity index (χ1) is 14.7. The molecule has 3 aromatic rings. The van der Waals surface area contributed by atoms with Gasteiger partial charge >= 0.3 is 7.60 Å². The number of benzene rings is 2. The summed E-state index contributed by atoms with van der Waals surface area (Å²) in [7, 11) is -8.93. The topological polar surface area (TPSA) is 152 Å². The second kappa shape index (κ2) is 9.32. The SMILES string of the molecule is N#Cc1c(OCCN)ccc2sc(S(=O)(=O)NCP(=O)(O)Oc3ccccc3)c(F)c12. The van der Waals surface area contributed by atoms with Gasteiger partial charge in [0.2, 0.25) is 0 Å². The fraction of sp³-hybridized carbons (Fsp3) is 0.167. The van der Waals surface area contributed by atoms with Gasteiger partial charge in [-0.2, -0.15) is 9.98 Å². The second-order valence-electron chi connectivity index (χ2n) is 6.11. The molecule has 0 radical (unpaired) electrons. The fourth-order valence-corrected chi connectivity index (χ4v) is 6.62. The van der Waals surface area contributed by atoms with Crippen LogP contribution in [0.1, 0.15) is 5.56 Å². The molecule has 164 valence electrons. The van der Waals surface area contributed by atoms with E-state index in [1.165, 1.54) is 24.3 Å². The van der Waals surface area contributed by atoms with E-state index in [1.807, 2.05) is 10.8 Å². The fourth-order valence-electron chi connectivity index (χ4n) is 2.60. The minimum absolute atomic E-state index is 0.0734. The first-order valence-corrected chi connectivity index (χ1v) is 12.8. The molecule has 0 aliphatic carbocycles. The molecule has 3 rings (SSSR count). The Kier molecular flexibility index (Phi) is 6.96. The highest BCUT2D eigenvalue weighted by Crippen LogP contribution is 2.43. The summed E-state index contributed by atoms with van der Waals surface area (Å²) in [4.78, 5) is 9.93. The second-order valence-corrected chi connectivity index (χ2v) is 10.9. The van der Waals surface area contributed by atoms with E-state index in [0.717, 1.165) is 0 Å². The summed E-state index contributed by atoms with van der Waals surface area (Å²) in [6.45, 7) is 0.261. The van der Waals surface area contributed by atoms with Crippen LogP contribution in [-0.2, 0) is 14.6 Å². The number of thiophene rings is 1. The molecule has 1 atom stereocenters. The number of sulfonamides is 1. The largest absolute Gasteiger partial charge is 0.491 e. The predicted octanol–water partition coefficient (Wildman–Crippen LogP) is 2.75. The molecular formula is C18H17FN3O6PS2. The van der Waals surface area contributed by atoms with Gasteiger partial charge in [-0.1, -0.05) is 18.2 Å². The van der Waals surface area contributed by atoms with Crippen LogP contribution < -0.4 is 19.7 Å². The number of halogens is 1. The number of nitrogens with zero attached hydrogens (tertiary/aromatic N) is 1. The van der Waals surface area contributed by atoms with Gasteiger partial charge in [0.25, 0.3) is 10.0 Å². The van der Waals surface area contributed by atoms with Crippen molar-refractivity contribution in [3.05, 3.63) is 53.8 Å². The van der Waals surface area contributed by atoms with Crippen molar-refractivity contribution in [2.24, 2.45) is 5.73 Å². The van der Waals surface area contributed by atoms with Crippen LogP contribution in [0, 0.1) is 17.1 Å². The lowest BCUT2D eigenvalue weighted by molar-refractivity contribution is 0.328. The molecule has 1 aromatic heterocycles. The first-order valence-electron chi connectivity index (χ1n) is 8.72. The van der Waals surface area contributed by atoms with Crippen molar-refractivity contribution < 1.29 is 31.5 Å². The van der Waals surface area contributed by atoms with E-state index in [1.54, 1.807) is 18.2 Å². The monoisotopic (exact) mass is 485 g/mol. The Bertz CT molecular complexity index is 1290. The van der Waals surface area contributed by atoms with E-state index in [-0.39, 0.29) is 40.3 Å². The standard InChI is InChI=1S/C18H17FN3O6PS2/c19-17-16-13(10-21)14(27-9-8-20)6-7-15(16)30-18(17)31(25,26)22-11-29(23,24)28-12-4-2-1-3-5-12/h1-7,22H,8-9,11,20H2,(H,23,24). The van der Waals surface area contributed by atoms with Crippen LogP contribution in [0.3, 0.4) is 0 Å². The zero-order valence-electron chi connectivity index (χ0n) is 15.8. The van der Waals surface area contributed by atoms with Crippen LogP contribution in [0.2, 0.25) is 0 Å². The maximum atomic E-state index is 15.0. The highest BCUT2D eigenvalue weighted by molar-refractivity contribution is 7.92. The minimum atomic E-state index is -4.52. The smallest absolute Gasteiger partial charge is 0.391 e. The highest BCUT2D eigenvalue weighted by atomic mass is 32.2. The van der Waals surface area contributed by atoms with Crippen molar-refractivity contribution in [3.63, 3.8) is 0 Å². The summed E-state index contributed by atoms with van der Waals surface area (Å²) in [5.41, 5.74) is 5.20. The van der Waals surface area contributed by atoms with Crippen LogP contribution in [0.4, 0.5) is 4.39 Å². The van der Waals surface area contributed by atoms with Crippen molar-refractivity contribution in [1.82, 2.24) is 4.72 Å². The van der Waals surface area contributed by atoms with Crippen molar-refractivity contribution in [2.45, 2.75) is 4.21 Å². The van der Waals surface area contributed by atoms with Crippen molar-refractivity contribution >= 4 is 39.0 Å². The number of hydrogen-bond donors (Lipinski definition) is 3. The molecule has 2 aromatic carbocycles. The molecule has 4 N–H and O–H groups in total. The van der Waals surface area contributed by atoms with Crippen LogP contribution in [0.5, 0.6) is 11.5 Å². The Labute approximate surface area is 181 Å². The zero-order valence-corrected chi connectivity index (χ0v) is 18.3. The lowest BCUT2D eigenvalue weighted by atomic mass is 10.1. The van der Waals surface area contributed by atoms with Crippen LogP contribution in [0.25, 0.3) is 10.1 Å². The van der Waals surface area contributed by atoms with Gasteiger partial charge in [-0.25, -0.2) is 17.4 Å². The van der Waals surface area contributed by atoms with E-state index in [2.05, 4.69) is 0 Å². The number of nitrogens with one attached hydrogen (secondary N) is 1. The maximum Gasteiger partial charge on any atom is 0.391 e. The number of rotatable bonds is 9. The molecule has 9 nitrogen and oxygen atoms in total. The molecule has 1 unspecified atom stereocenters. The highest BCUT2D eigenvalue weighted by Gasteiger charge is 2.30. The van der Waals surface area contributed by atoms with Gasteiger partial charge in [-0.15, -0.1) is 11.3 Å². The maximum absolute atomic E-state index is 15.0. The van der Waals surface area contributed by atoms with Crippen molar-refractivity contribution in [3.8, 4) is 17.6 Å². The molecule has 0 aliphatic rings. The summed E-state index contributed by atoms with van der Waals surface area (Å²) >= 11 is 0.579. The normalized spacial score (nSPS) is 13.5. The van der Waals surface area contributed by atoms with Crippen LogP contribution >= 0.6 is 18.9 Å². The summed E-state index contributed by atoms with van der Waals surface area (Å²) < 4.78 is 64.1. The Balaban J connectivity index is 1.89. The summed E-state index contributed by atoms with van der Waals surface area (Å²) in [5.74, 6) is -1.01. The van der Waals surface area contributed by atoms with Gasteiger partial charge < -0.3 is 19.9 Å². The summed E-state index contributed by atoms with van der Waals surface area (Å²) in [6, 6.07) is 12.3. The third-order valence-electron chi connectivity index (χ3n) is 3.91. The molecule has 31 heavy (non-hydrogen) atoms. The molecule has 1 heterocycles. The van der Waals surface area contributed by atoms with E-state index in [0.29, 0.717) is 11.3 Å². The number of nitriles is 1. The van der Waals surface area contributed by atoms with Gasteiger partial charge in [0.15, 0.2) is 10.0 Å². The Morgan fingerprint density at radius 1 is 1.26 bits per heavy atom. The number of ether oxygens (including phenoxy) is 1. The average Bonchev–Trinajstić information content (AvgIpc) is 3.08. The third kappa shape index (κ3) is 5.22. The van der Waals surface area contributed by atoms with E-state index >= 15 is 4.39 Å². The first kappa shape index (κ1) is 23.1. The Hall–Kier alpha value is -2.52. The lowest BCUT2D eigenvalue weighted by Crippen LogP contribution is -2.25. The number of nitrogens with two attached hydrogens (primary N) is 1. The molecule has 0 saturated heterocycles. The molecule has 0 fully saturated rings. The molecule has 0 saturated carbocycles. The zero-order chi connectivity index (χ0) is 22.6. The quantitative estimate of drug-likeness (QED) is 0.391. The van der Waals surface area contributed by atoms with E-state index < -0.39 is 33.9 Å². The van der Waals surface area contributed by atoms with Crippen molar-refractivity contribution in [2.75, 3.05) is 19.4 Å². The van der Waals surface area contributed by atoms with Gasteiger partial charge in [0.05, 0.1) is 5.39 Å². The van der Waals surface area contributed by atoms with Gasteiger partial charge in [0.1, 0.15) is 36.0 Å². The Morgan fingerprint density at radius 2 is 1.97 bits per heavy atom. The predicted molar refractivity (Wildman–Crippen MR) is 113 cm³/mol. The van der Waals surface area contributed by atoms with E-state index in [4.69, 9.17) is 15.0 Å². The number of para-hydroxylation sites is 1. The average molecular weight is 485 g/mol. The number of fused-ring (bicyclic) bond motifs is 1. The lowest BCUT2D eigenvalue weighted by Gasteiger charge is -2.13. The molecule has 13 heteroatoms. The number of hydrogen-bond acceptors (Lipinski definition) is 8. The van der Waals surface area contributed by atoms with Crippen LogP contribution in [0.15, 0.2) is 46.7 Å². The summed E-state index contributed by atoms with van der Waals surface area (Å²) in [5, 5.41) is 9.21. The van der Waals surface area contributed by atoms with Crippen LogP contribution in [-0.4, -0.2) is 32.7 Å². The molecule has 0 amide bonds. The molecule has 0 spiro atoms. The Morgan fingerprint density at radius 3 is 2.61 bits per heavy atom. The minimum Gasteiger partial charge on any atom is -0.491 e. The van der Waals surface area contributed by atoms with Crippen molar-refractivity contribution in [1.29, 1.82) is 5.26 Å². The molecular weight excluding hydrogens is 468 g/mol. The summed E-state index contributed by atoms with van der Waals surface area (Å²) in [6.07, 6.45) is -0.978. The van der Waals surface area contributed by atoms with Gasteiger partial charge in [0, 0.05) is 11.2 Å². The van der Waals surface area contributed by atoms with Gasteiger partial charge in [-0.3, -0.25) is 0 Å². The third-order valence-corrected chi connectivity index (χ3v) is 8.20. The van der Waals surface area contributed by atoms with E-state index in [9.17, 15) is 23.1 Å². The molecule has 0 aliphatic heterocycles.